The Kier molecular flexibility index (Phi) is 13.0. The van der Waals surface area contributed by atoms with Crippen molar-refractivity contribution in [3.05, 3.63) is 29.3 Å². The van der Waals surface area contributed by atoms with Crippen molar-refractivity contribution in [2.45, 2.75) is 77.2 Å². The molecule has 1 aromatic carbocycles. The molecule has 1 fully saturated rings. The van der Waals surface area contributed by atoms with Crippen molar-refractivity contribution in [2.24, 2.45) is 16.6 Å². The first-order valence-electron chi connectivity index (χ1n) is 11.8. The number of aldehydes is 1. The molecular weight excluding hydrogens is 428 g/mol. The maximum absolute atomic E-state index is 12.9. The zero-order chi connectivity index (χ0) is 24.9. The minimum absolute atomic E-state index is 0.0358. The van der Waals surface area contributed by atoms with Crippen LogP contribution in [-0.4, -0.2) is 56.0 Å². The van der Waals surface area contributed by atoms with Crippen molar-refractivity contribution in [3.63, 3.8) is 0 Å². The summed E-state index contributed by atoms with van der Waals surface area (Å²) in [5.41, 5.74) is 6.57. The molecule has 1 saturated carbocycles. The fraction of sp³-hybridized carbons (Fsp3) is 0.680. The third-order valence-corrected chi connectivity index (χ3v) is 6.17. The molecule has 3 N–H and O–H groups in total. The zero-order valence-electron chi connectivity index (χ0n) is 20.5. The van der Waals surface area contributed by atoms with Gasteiger partial charge >= 0.3 is 0 Å². The number of rotatable bonds is 11. The number of unbranched alkanes of at least 4 members (excludes halogenated alkanes) is 2. The molecule has 0 bridgehead atoms. The van der Waals surface area contributed by atoms with Gasteiger partial charge in [-0.1, -0.05) is 45.1 Å². The topological polar surface area (TPSA) is 88.1 Å². The number of halogens is 2. The second kappa shape index (κ2) is 14.8. The third kappa shape index (κ3) is 8.25. The van der Waals surface area contributed by atoms with Gasteiger partial charge in [0, 0.05) is 14.2 Å². The Balaban J connectivity index is 0.00000265. The van der Waals surface area contributed by atoms with Crippen LogP contribution in [0.5, 0.6) is 5.75 Å². The van der Waals surface area contributed by atoms with E-state index in [2.05, 4.69) is 11.9 Å². The first-order chi connectivity index (χ1) is 15.8. The highest BCUT2D eigenvalue weighted by Gasteiger charge is 2.42. The summed E-state index contributed by atoms with van der Waals surface area (Å²) in [7, 11) is 2.47. The molecule has 1 aromatic rings. The number of nitrogens with zero attached hydrogens (tertiary/aromatic N) is 2. The highest BCUT2D eigenvalue weighted by atomic mass is 19.3. The fourth-order valence-corrected chi connectivity index (χ4v) is 4.34. The number of aliphatic imine (C=N–C) groups is 1. The standard InChI is InChI=1S/C24H37F2N3O2.CH4O/c1-4-5-9-14-31-20-13-12-18(2)21(15-20)24(17-30,19-10-7-6-8-11-19)28-23(27)29(3)16-22(25)26;1-2/h12-13,15,17,19,22H,4-11,14,16H2,1-3H3,(H2,27,28);2H,1H3. The minimum Gasteiger partial charge on any atom is -0.494 e. The zero-order valence-corrected chi connectivity index (χ0v) is 20.5. The van der Waals surface area contributed by atoms with Gasteiger partial charge in [0.2, 0.25) is 0 Å². The molecule has 0 aliphatic heterocycles. The summed E-state index contributed by atoms with van der Waals surface area (Å²) in [6.07, 6.45) is 6.30. The number of guanidine groups is 1. The van der Waals surface area contributed by atoms with E-state index < -0.39 is 18.5 Å². The van der Waals surface area contributed by atoms with E-state index in [0.29, 0.717) is 12.4 Å². The number of carbonyl (C=O) groups excluding carboxylic acids is 1. The molecule has 1 aliphatic carbocycles. The molecule has 1 atom stereocenters. The average molecular weight is 470 g/mol. The summed E-state index contributed by atoms with van der Waals surface area (Å²) < 4.78 is 31.7. The Labute approximate surface area is 197 Å². The fourth-order valence-electron chi connectivity index (χ4n) is 4.34. The van der Waals surface area contributed by atoms with Gasteiger partial charge in [-0.25, -0.2) is 13.8 Å². The molecule has 0 saturated heterocycles. The summed E-state index contributed by atoms with van der Waals surface area (Å²) in [5.74, 6) is 0.603. The number of carbonyl (C=O) groups is 1. The lowest BCUT2D eigenvalue weighted by Crippen LogP contribution is -2.44. The maximum Gasteiger partial charge on any atom is 0.255 e. The highest BCUT2D eigenvalue weighted by molar-refractivity contribution is 5.82. The quantitative estimate of drug-likeness (QED) is 0.213. The number of hydrogen-bond acceptors (Lipinski definition) is 4. The van der Waals surface area contributed by atoms with Crippen LogP contribution in [0, 0.1) is 12.8 Å². The normalized spacial score (nSPS) is 16.5. The Morgan fingerprint density at radius 1 is 1.30 bits per heavy atom. The number of aryl methyl sites for hydroxylation is 1. The van der Waals surface area contributed by atoms with E-state index in [1.165, 1.54) is 11.9 Å². The second-order valence-corrected chi connectivity index (χ2v) is 8.55. The van der Waals surface area contributed by atoms with Crippen LogP contribution in [0.4, 0.5) is 8.78 Å². The van der Waals surface area contributed by atoms with Gasteiger partial charge in [0.25, 0.3) is 6.43 Å². The van der Waals surface area contributed by atoms with Crippen LogP contribution in [0.1, 0.15) is 69.4 Å². The van der Waals surface area contributed by atoms with E-state index >= 15 is 0 Å². The van der Waals surface area contributed by atoms with Gasteiger partial charge in [-0.15, -0.1) is 0 Å². The van der Waals surface area contributed by atoms with Gasteiger partial charge in [0.15, 0.2) is 12.2 Å². The van der Waals surface area contributed by atoms with Crippen molar-refractivity contribution in [2.75, 3.05) is 27.3 Å². The number of alkyl halides is 2. The number of aliphatic hydroxyl groups excluding tert-OH is 1. The van der Waals surface area contributed by atoms with Crippen molar-refractivity contribution >= 4 is 12.2 Å². The first-order valence-corrected chi connectivity index (χ1v) is 11.8. The molecule has 188 valence electrons. The maximum atomic E-state index is 12.9. The molecule has 8 heteroatoms. The van der Waals surface area contributed by atoms with Gasteiger partial charge in [0.05, 0.1) is 13.2 Å². The van der Waals surface area contributed by atoms with Crippen molar-refractivity contribution < 1.29 is 23.4 Å². The Morgan fingerprint density at radius 2 is 1.97 bits per heavy atom. The van der Waals surface area contributed by atoms with Crippen LogP contribution in [0.25, 0.3) is 0 Å². The van der Waals surface area contributed by atoms with Crippen LogP contribution in [0.2, 0.25) is 0 Å². The highest BCUT2D eigenvalue weighted by Crippen LogP contribution is 2.43. The smallest absolute Gasteiger partial charge is 0.255 e. The predicted molar refractivity (Wildman–Crippen MR) is 129 cm³/mol. The van der Waals surface area contributed by atoms with Crippen molar-refractivity contribution in [1.29, 1.82) is 0 Å². The number of nitrogens with two attached hydrogens (primary N) is 1. The lowest BCUT2D eigenvalue weighted by molar-refractivity contribution is -0.114. The summed E-state index contributed by atoms with van der Waals surface area (Å²) in [4.78, 5) is 18.6. The number of benzene rings is 1. The monoisotopic (exact) mass is 469 g/mol. The first kappa shape index (κ1) is 28.8. The van der Waals surface area contributed by atoms with Crippen LogP contribution >= 0.6 is 0 Å². The molecule has 0 aromatic heterocycles. The minimum atomic E-state index is -2.54. The third-order valence-electron chi connectivity index (χ3n) is 6.17. The van der Waals surface area contributed by atoms with Crippen LogP contribution in [0.15, 0.2) is 23.2 Å². The van der Waals surface area contributed by atoms with Crippen LogP contribution in [-0.2, 0) is 10.3 Å². The number of hydrogen-bond donors (Lipinski definition) is 2. The molecule has 6 nitrogen and oxygen atoms in total. The molecule has 0 amide bonds. The Hall–Kier alpha value is -2.22. The van der Waals surface area contributed by atoms with E-state index in [-0.39, 0.29) is 11.9 Å². The lowest BCUT2D eigenvalue weighted by Gasteiger charge is -2.38. The molecule has 1 aliphatic rings. The van der Waals surface area contributed by atoms with E-state index in [0.717, 1.165) is 75.9 Å². The summed E-state index contributed by atoms with van der Waals surface area (Å²) in [6, 6.07) is 5.71. The second-order valence-electron chi connectivity index (χ2n) is 8.55. The van der Waals surface area contributed by atoms with E-state index in [1.54, 1.807) is 0 Å². The summed E-state index contributed by atoms with van der Waals surface area (Å²) in [5, 5.41) is 7.00. The van der Waals surface area contributed by atoms with E-state index in [1.807, 2.05) is 25.1 Å². The molecule has 0 spiro atoms. The largest absolute Gasteiger partial charge is 0.494 e. The van der Waals surface area contributed by atoms with Gasteiger partial charge in [0.1, 0.15) is 11.3 Å². The summed E-state index contributed by atoms with van der Waals surface area (Å²) in [6.45, 7) is 4.15. The van der Waals surface area contributed by atoms with Gasteiger partial charge in [-0.2, -0.15) is 0 Å². The SMILES string of the molecule is CCCCCOc1ccc(C)c(C(C=O)(N=C(N)N(C)CC(F)F)C2CCCCC2)c1.CO. The van der Waals surface area contributed by atoms with Crippen molar-refractivity contribution in [3.8, 4) is 5.75 Å². The Morgan fingerprint density at radius 3 is 2.55 bits per heavy atom. The molecule has 0 heterocycles. The van der Waals surface area contributed by atoms with Gasteiger partial charge in [-0.3, -0.25) is 0 Å². The van der Waals surface area contributed by atoms with Crippen LogP contribution in [0.3, 0.4) is 0 Å². The molecule has 33 heavy (non-hydrogen) atoms. The molecule has 1 unspecified atom stereocenters. The molecule has 0 radical (unpaired) electrons. The molecule has 2 rings (SSSR count). The van der Waals surface area contributed by atoms with Crippen molar-refractivity contribution in [1.82, 2.24) is 4.90 Å². The van der Waals surface area contributed by atoms with Gasteiger partial charge in [-0.05, 0) is 55.4 Å². The van der Waals surface area contributed by atoms with Gasteiger partial charge < -0.3 is 25.3 Å². The Bertz CT molecular complexity index is 740. The van der Waals surface area contributed by atoms with E-state index in [9.17, 15) is 13.6 Å². The predicted octanol–water partition coefficient (Wildman–Crippen LogP) is 4.66. The number of ether oxygens (including phenoxy) is 1. The van der Waals surface area contributed by atoms with E-state index in [4.69, 9.17) is 15.6 Å². The number of aliphatic hydroxyl groups is 1. The molecular formula is C25H41F2N3O3. The summed E-state index contributed by atoms with van der Waals surface area (Å²) >= 11 is 0. The van der Waals surface area contributed by atoms with Crippen LogP contribution < -0.4 is 10.5 Å². The average Bonchev–Trinajstić information content (AvgIpc) is 2.82. The lowest BCUT2D eigenvalue weighted by atomic mass is 9.71.